The van der Waals surface area contributed by atoms with Crippen molar-refractivity contribution in [2.75, 3.05) is 56.7 Å². The van der Waals surface area contributed by atoms with Crippen LogP contribution in [0.15, 0.2) is 41.4 Å². The highest BCUT2D eigenvalue weighted by atomic mass is 35.5. The number of morpholine rings is 1. The van der Waals surface area contributed by atoms with E-state index in [1.54, 1.807) is 53.7 Å². The lowest BCUT2D eigenvalue weighted by Gasteiger charge is -2.29. The van der Waals surface area contributed by atoms with Crippen LogP contribution in [-0.2, 0) is 28.5 Å². The van der Waals surface area contributed by atoms with Crippen molar-refractivity contribution in [2.45, 2.75) is 58.8 Å². The maximum absolute atomic E-state index is 13.2. The van der Waals surface area contributed by atoms with Crippen LogP contribution >= 0.6 is 23.2 Å². The number of anilines is 2. The number of carbonyl (C=O) groups excluding carboxylic acids is 6. The van der Waals surface area contributed by atoms with E-state index in [4.69, 9.17) is 42.1 Å². The third kappa shape index (κ3) is 14.4. The van der Waals surface area contributed by atoms with Crippen molar-refractivity contribution in [2.24, 2.45) is 4.99 Å². The molecule has 0 bridgehead atoms. The minimum absolute atomic E-state index is 0.0574. The van der Waals surface area contributed by atoms with E-state index in [1.165, 1.54) is 24.3 Å². The van der Waals surface area contributed by atoms with Crippen molar-refractivity contribution in [1.82, 2.24) is 21.3 Å². The van der Waals surface area contributed by atoms with E-state index < -0.39 is 66.2 Å². The van der Waals surface area contributed by atoms with Crippen molar-refractivity contribution in [3.05, 3.63) is 57.6 Å². The summed E-state index contributed by atoms with van der Waals surface area (Å²) in [6.07, 6.45) is -1.90. The number of nitrogens with one attached hydrogen (secondary N) is 5. The number of alkyl carbamates (subject to hydrolysis) is 1. The Bertz CT molecular complexity index is 1730. The van der Waals surface area contributed by atoms with Gasteiger partial charge in [0.25, 0.3) is 11.8 Å². The third-order valence-electron chi connectivity index (χ3n) is 6.94. The van der Waals surface area contributed by atoms with Crippen molar-refractivity contribution < 1.29 is 47.7 Å². The average molecular weight is 795 g/mol. The number of rotatable bonds is 10. The fraction of sp³-hybridized carbons (Fsp3) is 0.457. The first-order valence-electron chi connectivity index (χ1n) is 16.7. The molecule has 54 heavy (non-hydrogen) atoms. The largest absolute Gasteiger partial charge is 0.467 e. The van der Waals surface area contributed by atoms with Crippen molar-refractivity contribution in [1.29, 1.82) is 0 Å². The highest BCUT2D eigenvalue weighted by Crippen LogP contribution is 2.31. The Morgan fingerprint density at radius 1 is 0.889 bits per heavy atom. The van der Waals surface area contributed by atoms with Crippen LogP contribution in [-0.4, -0.2) is 106 Å². The van der Waals surface area contributed by atoms with Crippen molar-refractivity contribution >= 4 is 76.4 Å². The summed E-state index contributed by atoms with van der Waals surface area (Å²) < 4.78 is 20.6. The predicted molar refractivity (Wildman–Crippen MR) is 201 cm³/mol. The first-order valence-corrected chi connectivity index (χ1v) is 17.4. The molecule has 3 rings (SSSR count). The molecule has 2 aromatic rings. The summed E-state index contributed by atoms with van der Waals surface area (Å²) in [5, 5.41) is 12.6. The van der Waals surface area contributed by atoms with Gasteiger partial charge >= 0.3 is 18.2 Å². The number of esters is 1. The van der Waals surface area contributed by atoms with Gasteiger partial charge in [0, 0.05) is 36.6 Å². The van der Waals surface area contributed by atoms with E-state index in [0.717, 1.165) is 7.11 Å². The third-order valence-corrected chi connectivity index (χ3v) is 7.53. The van der Waals surface area contributed by atoms with E-state index in [9.17, 15) is 28.8 Å². The first kappa shape index (κ1) is 43.3. The summed E-state index contributed by atoms with van der Waals surface area (Å²) in [5.41, 5.74) is -0.747. The number of benzene rings is 2. The minimum atomic E-state index is -1.33. The Labute approximate surface area is 322 Å². The summed E-state index contributed by atoms with van der Waals surface area (Å²) in [7, 11) is 1.11. The lowest BCUT2D eigenvalue weighted by atomic mass is 10.1. The molecule has 1 saturated heterocycles. The number of ether oxygens (including phenoxy) is 4. The Kier molecular flexibility index (Phi) is 15.4. The summed E-state index contributed by atoms with van der Waals surface area (Å²) in [5.74, 6) is -3.32. The fourth-order valence-electron chi connectivity index (χ4n) is 4.63. The number of aliphatic imine (C=N–C) groups is 1. The van der Waals surface area contributed by atoms with Crippen LogP contribution in [0.2, 0.25) is 10.0 Å². The zero-order valence-electron chi connectivity index (χ0n) is 31.0. The van der Waals surface area contributed by atoms with Crippen LogP contribution in [0, 0.1) is 0 Å². The van der Waals surface area contributed by atoms with Gasteiger partial charge in [-0.2, -0.15) is 0 Å². The van der Waals surface area contributed by atoms with Crippen LogP contribution in [0.5, 0.6) is 0 Å². The highest BCUT2D eigenvalue weighted by Gasteiger charge is 2.27. The molecule has 17 nitrogen and oxygen atoms in total. The molecule has 0 aliphatic carbocycles. The fourth-order valence-corrected chi connectivity index (χ4v) is 5.27. The normalized spacial score (nSPS) is 13.9. The topological polar surface area (TPSA) is 215 Å². The molecule has 0 radical (unpaired) electrons. The van der Waals surface area contributed by atoms with E-state index >= 15 is 0 Å². The van der Waals surface area contributed by atoms with Crippen molar-refractivity contribution in [3.8, 4) is 0 Å². The zero-order chi connectivity index (χ0) is 40.2. The summed E-state index contributed by atoms with van der Waals surface area (Å²) in [6, 6.07) is 7.72. The Morgan fingerprint density at radius 2 is 1.52 bits per heavy atom. The van der Waals surface area contributed by atoms with Gasteiger partial charge in [-0.25, -0.2) is 14.4 Å². The number of guanidine groups is 1. The molecule has 1 heterocycles. The van der Waals surface area contributed by atoms with Crippen molar-refractivity contribution in [3.63, 3.8) is 0 Å². The van der Waals surface area contributed by atoms with E-state index in [1.807, 2.05) is 4.90 Å². The van der Waals surface area contributed by atoms with E-state index in [0.29, 0.717) is 32.0 Å². The van der Waals surface area contributed by atoms with Gasteiger partial charge < -0.3 is 45.1 Å². The second kappa shape index (κ2) is 19.3. The van der Waals surface area contributed by atoms with Crippen LogP contribution < -0.4 is 31.5 Å². The number of hydrogen-bond donors (Lipinski definition) is 5. The van der Waals surface area contributed by atoms with E-state index in [-0.39, 0.29) is 32.8 Å². The van der Waals surface area contributed by atoms with Gasteiger partial charge in [-0.3, -0.25) is 19.7 Å². The molecule has 5 amide bonds. The molecule has 1 aliphatic heterocycles. The minimum Gasteiger partial charge on any atom is -0.467 e. The Morgan fingerprint density at radius 3 is 2.11 bits per heavy atom. The standard InChI is InChI=1S/C35H45Cl2N7O10/c1-34(2,3)53-32(49)42-31(43-33(50)54-35(4,5)6)40-21-10-8-9-20(15-21)28(46)39-19-26(45)38-18-25(30(48)51-7)41-29(47)27-23(36)16-22(17-24(27)37)44-11-13-52-14-12-44/h8-10,15-17,25H,11-14,18-19H2,1-7H3,(H,38,45)(H,39,46)(H,41,47)(H2,40,42,43,49,50)/t25-/m0/s1. The molecule has 0 saturated carbocycles. The summed E-state index contributed by atoms with van der Waals surface area (Å²) in [4.78, 5) is 82.0. The molecule has 5 N–H and O–H groups in total. The van der Waals surface area contributed by atoms with Gasteiger partial charge in [0.15, 0.2) is 0 Å². The number of halogens is 2. The van der Waals surface area contributed by atoms with E-state index in [2.05, 4.69) is 31.6 Å². The quantitative estimate of drug-likeness (QED) is 0.100. The molecule has 0 aromatic heterocycles. The molecule has 1 aliphatic rings. The number of hydrogen-bond acceptors (Lipinski definition) is 11. The second-order valence-electron chi connectivity index (χ2n) is 13.7. The van der Waals surface area contributed by atoms with Gasteiger partial charge in [-0.05, 0) is 71.9 Å². The number of carbonyl (C=O) groups is 6. The Balaban J connectivity index is 1.62. The van der Waals surface area contributed by atoms with Gasteiger partial charge in [-0.1, -0.05) is 29.3 Å². The molecular formula is C35H45Cl2N7O10. The van der Waals surface area contributed by atoms with Gasteiger partial charge in [0.2, 0.25) is 11.9 Å². The molecule has 1 atom stereocenters. The Hall–Kier alpha value is -5.13. The smallest absolute Gasteiger partial charge is 0.437 e. The molecule has 0 unspecified atom stereocenters. The van der Waals surface area contributed by atoms with Gasteiger partial charge in [0.05, 0.1) is 42.5 Å². The van der Waals surface area contributed by atoms with Crippen LogP contribution in [0.3, 0.4) is 0 Å². The maximum Gasteiger partial charge on any atom is 0.437 e. The SMILES string of the molecule is COC(=O)[C@H](CNC(=O)CNC(=O)c1cccc(N/C(=N/C(=O)OC(C)(C)C)NC(=O)OC(C)(C)C)c1)NC(=O)c1c(Cl)cc(N2CCOCC2)cc1Cl. The molecule has 2 aromatic carbocycles. The second-order valence-corrected chi connectivity index (χ2v) is 14.5. The monoisotopic (exact) mass is 793 g/mol. The molecular weight excluding hydrogens is 749 g/mol. The first-order chi connectivity index (χ1) is 25.2. The molecule has 1 fully saturated rings. The lowest BCUT2D eigenvalue weighted by molar-refractivity contribution is -0.142. The molecule has 294 valence electrons. The number of amides is 5. The summed E-state index contributed by atoms with van der Waals surface area (Å²) in [6.45, 7) is 11.3. The van der Waals surface area contributed by atoms with Gasteiger partial charge in [0.1, 0.15) is 17.2 Å². The van der Waals surface area contributed by atoms with Gasteiger partial charge in [-0.15, -0.1) is 4.99 Å². The predicted octanol–water partition coefficient (Wildman–Crippen LogP) is 3.88. The van der Waals surface area contributed by atoms with Crippen LogP contribution in [0.1, 0.15) is 62.3 Å². The van der Waals surface area contributed by atoms with Crippen LogP contribution in [0.4, 0.5) is 21.0 Å². The van der Waals surface area contributed by atoms with Crippen LogP contribution in [0.25, 0.3) is 0 Å². The average Bonchev–Trinajstić information content (AvgIpc) is 3.07. The zero-order valence-corrected chi connectivity index (χ0v) is 32.5. The molecule has 0 spiro atoms. The highest BCUT2D eigenvalue weighted by molar-refractivity contribution is 6.40. The summed E-state index contributed by atoms with van der Waals surface area (Å²) >= 11 is 12.9. The number of methoxy groups -OCH3 is 1. The maximum atomic E-state index is 13.2. The number of nitrogens with zero attached hydrogens (tertiary/aromatic N) is 2. The molecule has 19 heteroatoms. The lowest BCUT2D eigenvalue weighted by Crippen LogP contribution is -2.50.